The number of nitrogens with zero attached hydrogens (tertiary/aromatic N) is 10. The third-order valence-corrected chi connectivity index (χ3v) is 13.0. The molecule has 8 rings (SSSR count). The molecule has 22 nitrogen and oxygen atoms in total. The van der Waals surface area contributed by atoms with Crippen LogP contribution in [0.4, 0.5) is 23.3 Å². The van der Waals surface area contributed by atoms with E-state index in [1.54, 1.807) is 48.2 Å². The van der Waals surface area contributed by atoms with Gasteiger partial charge in [0.1, 0.15) is 0 Å². The summed E-state index contributed by atoms with van der Waals surface area (Å²) in [4.78, 5) is 94.9. The van der Waals surface area contributed by atoms with Gasteiger partial charge in [-0.05, 0) is 70.8 Å². The summed E-state index contributed by atoms with van der Waals surface area (Å²) >= 11 is 12.7. The van der Waals surface area contributed by atoms with E-state index in [9.17, 15) is 28.8 Å². The Hall–Kier alpha value is -8.70. The molecule has 0 aliphatic carbocycles. The van der Waals surface area contributed by atoms with Crippen molar-refractivity contribution in [2.75, 3.05) is 99.1 Å². The predicted octanol–water partition coefficient (Wildman–Crippen LogP) is 5.19. The van der Waals surface area contributed by atoms with E-state index in [1.165, 1.54) is 12.1 Å². The minimum atomic E-state index is -1.26. The highest BCUT2D eigenvalue weighted by Crippen LogP contribution is 2.31. The van der Waals surface area contributed by atoms with Crippen LogP contribution in [-0.2, 0) is 32.3 Å². The number of nitrogens with two attached hydrogens (primary N) is 2. The number of anilines is 4. The topological polar surface area (TPSA) is 306 Å². The maximum atomic E-state index is 11.8. The van der Waals surface area contributed by atoms with Gasteiger partial charge in [-0.15, -0.1) is 0 Å². The number of benzene rings is 4. The number of piperazine rings is 2. The van der Waals surface area contributed by atoms with Crippen molar-refractivity contribution in [2.24, 2.45) is 11.5 Å². The van der Waals surface area contributed by atoms with Crippen LogP contribution in [-0.4, -0.2) is 165 Å². The lowest BCUT2D eigenvalue weighted by molar-refractivity contribution is -0.134. The molecular weight excluding hydrogens is 1050 g/mol. The molecule has 0 atom stereocenters. The molecule has 408 valence electrons. The second-order valence-electron chi connectivity index (χ2n) is 17.8. The van der Waals surface area contributed by atoms with E-state index in [2.05, 4.69) is 39.5 Å². The van der Waals surface area contributed by atoms with Crippen molar-refractivity contribution in [1.82, 2.24) is 29.7 Å². The number of rotatable bonds is 16. The molecule has 0 bridgehead atoms. The number of hydrogen-bond donors (Lipinski definition) is 6. The number of carbonyl (C=O) groups is 6. The number of aromatic nitrogens is 4. The van der Waals surface area contributed by atoms with Crippen molar-refractivity contribution in [1.29, 1.82) is 0 Å². The lowest BCUT2D eigenvalue weighted by atomic mass is 10.1. The minimum absolute atomic E-state index is 0.0101. The molecule has 2 amide bonds. The fourth-order valence-electron chi connectivity index (χ4n) is 8.23. The summed E-state index contributed by atoms with van der Waals surface area (Å²) < 4.78 is 0. The van der Waals surface area contributed by atoms with E-state index in [1.807, 2.05) is 73.3 Å². The van der Waals surface area contributed by atoms with Crippen molar-refractivity contribution in [3.63, 3.8) is 0 Å². The van der Waals surface area contributed by atoms with Crippen LogP contribution in [0.3, 0.4) is 0 Å². The maximum Gasteiger partial charge on any atom is 0.335 e. The molecule has 24 heteroatoms. The lowest BCUT2D eigenvalue weighted by Crippen LogP contribution is -2.47. The molecule has 0 saturated carbocycles. The first-order chi connectivity index (χ1) is 37.3. The van der Waals surface area contributed by atoms with Crippen LogP contribution >= 0.6 is 23.2 Å². The summed E-state index contributed by atoms with van der Waals surface area (Å²) in [6, 6.07) is 25.5. The number of carboxylic acid groups (broad SMARTS) is 4. The quantitative estimate of drug-likeness (QED) is 0.0679. The molecule has 8 N–H and O–H groups in total. The molecule has 0 unspecified atom stereocenters. The number of amides is 2. The van der Waals surface area contributed by atoms with Gasteiger partial charge >= 0.3 is 23.9 Å². The average Bonchev–Trinajstić information content (AvgIpc) is 3.47. The average molecular weight is 1110 g/mol. The molecule has 78 heavy (non-hydrogen) atoms. The van der Waals surface area contributed by atoms with Crippen LogP contribution in [0.15, 0.2) is 122 Å². The maximum absolute atomic E-state index is 11.8. The first-order valence-corrected chi connectivity index (χ1v) is 25.0. The molecule has 2 fully saturated rings. The first kappa shape index (κ1) is 58.6. The van der Waals surface area contributed by atoms with Crippen molar-refractivity contribution in [3.8, 4) is 22.3 Å². The summed E-state index contributed by atoms with van der Waals surface area (Å²) in [5.74, 6) is -3.41. The second kappa shape index (κ2) is 27.9. The van der Waals surface area contributed by atoms with Crippen molar-refractivity contribution < 1.29 is 49.2 Å². The Morgan fingerprint density at radius 3 is 1.13 bits per heavy atom. The fourth-order valence-corrected chi connectivity index (χ4v) is 8.83. The van der Waals surface area contributed by atoms with Crippen LogP contribution in [0.1, 0.15) is 31.8 Å². The summed E-state index contributed by atoms with van der Waals surface area (Å²) in [6.07, 6.45) is 8.35. The van der Waals surface area contributed by atoms with E-state index in [-0.39, 0.29) is 36.0 Å². The van der Waals surface area contributed by atoms with Gasteiger partial charge in [-0.1, -0.05) is 59.6 Å². The molecular formula is C54H58Cl2N12O10. The number of aromatic carboxylic acids is 2. The number of likely N-dealkylation sites (N-methyl/N-ethyl adjacent to an activating group) is 2. The summed E-state index contributed by atoms with van der Waals surface area (Å²) in [5.41, 5.74) is 18.6. The monoisotopic (exact) mass is 1100 g/mol. The Morgan fingerprint density at radius 2 is 0.833 bits per heavy atom. The normalized spacial score (nSPS) is 13.2. The van der Waals surface area contributed by atoms with Gasteiger partial charge in [0.05, 0.1) is 45.6 Å². The molecule has 6 aromatic rings. The van der Waals surface area contributed by atoms with Crippen molar-refractivity contribution in [3.05, 3.63) is 154 Å². The molecule has 4 aromatic carbocycles. The molecule has 0 spiro atoms. The molecule has 4 heterocycles. The van der Waals surface area contributed by atoms with Crippen molar-refractivity contribution in [2.45, 2.75) is 13.1 Å². The van der Waals surface area contributed by atoms with Crippen LogP contribution < -0.4 is 31.1 Å². The highest BCUT2D eigenvalue weighted by molar-refractivity contribution is 6.34. The number of hydrogen-bond acceptors (Lipinski definition) is 16. The largest absolute Gasteiger partial charge is 0.478 e. The first-order valence-electron chi connectivity index (χ1n) is 24.2. The Bertz CT molecular complexity index is 2910. The zero-order chi connectivity index (χ0) is 56.5. The number of halogens is 2. The van der Waals surface area contributed by atoms with E-state index in [0.29, 0.717) is 99.5 Å². The van der Waals surface area contributed by atoms with Gasteiger partial charge in [0.25, 0.3) is 0 Å². The summed E-state index contributed by atoms with van der Waals surface area (Å²) in [6.45, 7) is 6.67. The smallest absolute Gasteiger partial charge is 0.335 e. The molecule has 2 saturated heterocycles. The van der Waals surface area contributed by atoms with Crippen LogP contribution in [0, 0.1) is 0 Å². The van der Waals surface area contributed by atoms with Crippen LogP contribution in [0.2, 0.25) is 10.0 Å². The van der Waals surface area contributed by atoms with Gasteiger partial charge in [0, 0.05) is 128 Å². The van der Waals surface area contributed by atoms with Gasteiger partial charge < -0.3 is 61.3 Å². The minimum Gasteiger partial charge on any atom is -0.478 e. The van der Waals surface area contributed by atoms with E-state index >= 15 is 0 Å². The van der Waals surface area contributed by atoms with E-state index < -0.39 is 23.9 Å². The third-order valence-electron chi connectivity index (χ3n) is 12.4. The zero-order valence-corrected chi connectivity index (χ0v) is 44.2. The highest BCUT2D eigenvalue weighted by atomic mass is 35.5. The Morgan fingerprint density at radius 1 is 0.500 bits per heavy atom. The number of carboxylic acids is 4. The van der Waals surface area contributed by atoms with E-state index in [0.717, 1.165) is 44.8 Å². The zero-order valence-electron chi connectivity index (χ0n) is 42.7. The molecule has 2 aliphatic rings. The second-order valence-corrected chi connectivity index (χ2v) is 18.6. The van der Waals surface area contributed by atoms with Gasteiger partial charge in [0.15, 0.2) is 0 Å². The predicted molar refractivity (Wildman–Crippen MR) is 296 cm³/mol. The van der Waals surface area contributed by atoms with Gasteiger partial charge in [0.2, 0.25) is 23.7 Å². The molecule has 2 aliphatic heterocycles. The number of carbonyl (C=O) groups excluding carboxylic acids is 2. The Labute approximate surface area is 459 Å². The number of aliphatic carboxylic acids is 2. The molecule has 0 radical (unpaired) electrons. The summed E-state index contributed by atoms with van der Waals surface area (Å²) in [7, 11) is 3.47. The van der Waals surface area contributed by atoms with Crippen LogP contribution in [0.5, 0.6) is 0 Å². The highest BCUT2D eigenvalue weighted by Gasteiger charge is 2.24. The SMILES string of the molecule is CN(Cc1cccc(-c2cnc(N3CCN(c4ccc(C(=O)O)cc4Cl)CC3)nc2)c1)C(=O)CN.CN(Cc1cccc(-c2cnc(N3CCN(c4ccc(C(=O)O)cc4Cl)CC3)nc2)c1)C(=O)CN.O=C(O)/C=C/C(=O)O. The summed E-state index contributed by atoms with van der Waals surface area (Å²) in [5, 5.41) is 34.7. The van der Waals surface area contributed by atoms with Gasteiger partial charge in [-0.2, -0.15) is 0 Å². The molecule has 2 aromatic heterocycles. The van der Waals surface area contributed by atoms with E-state index in [4.69, 9.17) is 55.1 Å². The van der Waals surface area contributed by atoms with Crippen LogP contribution in [0.25, 0.3) is 22.3 Å². The van der Waals surface area contributed by atoms with Crippen molar-refractivity contribution >= 4 is 82.2 Å². The lowest BCUT2D eigenvalue weighted by Gasteiger charge is -2.36. The van der Waals surface area contributed by atoms with Gasteiger partial charge in [-0.3, -0.25) is 9.59 Å². The Kier molecular flexibility index (Phi) is 20.9. The fraction of sp³-hybridized carbons (Fsp3) is 0.259. The third kappa shape index (κ3) is 16.4. The standard InChI is InChI=1S/2C25H27ClN6O3.C4H4O4/c2*1-30(23(33)13-27)16-17-3-2-4-18(11-17)20-14-28-25(29-15-20)32-9-7-31(8-10-32)22-6-5-19(24(34)35)12-21(22)26;5-3(6)1-2-4(7)8/h2*2-6,11-12,14-15H,7-10,13,16,27H2,1H3,(H,34,35);1-2H,(H,5,6)(H,7,8)/b;;2-1+. The Balaban J connectivity index is 0.000000221. The van der Waals surface area contributed by atoms with Gasteiger partial charge in [-0.25, -0.2) is 39.1 Å².